The van der Waals surface area contributed by atoms with Crippen LogP contribution in [0.1, 0.15) is 39.5 Å². The minimum atomic E-state index is -3.86. The molecule has 2 N–H and O–H groups in total. The highest BCUT2D eigenvalue weighted by atomic mass is 32.2. The average molecular weight is 394 g/mol. The Morgan fingerprint density at radius 3 is 2.48 bits per heavy atom. The summed E-state index contributed by atoms with van der Waals surface area (Å²) in [6, 6.07) is 6.85. The fourth-order valence-electron chi connectivity index (χ4n) is 3.09. The summed E-state index contributed by atoms with van der Waals surface area (Å²) in [6.45, 7) is 3.93. The van der Waals surface area contributed by atoms with E-state index in [0.29, 0.717) is 13.0 Å². The van der Waals surface area contributed by atoms with Crippen molar-refractivity contribution < 1.29 is 22.8 Å². The average Bonchev–Trinajstić information content (AvgIpc) is 2.63. The van der Waals surface area contributed by atoms with Crippen LogP contribution in [-0.4, -0.2) is 38.5 Å². The fourth-order valence-corrected chi connectivity index (χ4v) is 4.48. The predicted molar refractivity (Wildman–Crippen MR) is 100 cm³/mol. The van der Waals surface area contributed by atoms with Crippen LogP contribution < -0.4 is 10.0 Å². The molecule has 0 bridgehead atoms. The van der Waals surface area contributed by atoms with Crippen molar-refractivity contribution in [2.75, 3.05) is 6.54 Å². The molecular weight excluding hydrogens is 368 g/mol. The van der Waals surface area contributed by atoms with Gasteiger partial charge >= 0.3 is 0 Å². The summed E-state index contributed by atoms with van der Waals surface area (Å²) in [5, 5.41) is 2.54. The standard InChI is InChI=1S/C19H26N2O5S/c1-13(2)17(21-27(25,26)15-9-4-3-5-10-15)16(22)12-14-8-6-7-11-20-19(24)18(14)23/h3-5,9-10,13-14,17,21H,6-8,11-12H2,1-2H3,(H,20,24). The van der Waals surface area contributed by atoms with E-state index in [1.54, 1.807) is 32.0 Å². The number of carbonyl (C=O) groups excluding carboxylic acids is 3. The lowest BCUT2D eigenvalue weighted by molar-refractivity contribution is -0.141. The maximum atomic E-state index is 12.8. The van der Waals surface area contributed by atoms with Crippen molar-refractivity contribution in [3.63, 3.8) is 0 Å². The Morgan fingerprint density at radius 1 is 1.19 bits per heavy atom. The Morgan fingerprint density at radius 2 is 1.85 bits per heavy atom. The molecular formula is C19H26N2O5S. The number of rotatable bonds is 7. The van der Waals surface area contributed by atoms with Gasteiger partial charge in [0.1, 0.15) is 0 Å². The first-order chi connectivity index (χ1) is 12.7. The maximum absolute atomic E-state index is 12.8. The molecule has 27 heavy (non-hydrogen) atoms. The molecule has 1 amide bonds. The fraction of sp³-hybridized carbons (Fsp3) is 0.526. The molecule has 0 radical (unpaired) electrons. The summed E-state index contributed by atoms with van der Waals surface area (Å²) >= 11 is 0. The molecule has 7 nitrogen and oxygen atoms in total. The normalized spacial score (nSPS) is 19.9. The van der Waals surface area contributed by atoms with Crippen molar-refractivity contribution in [2.45, 2.75) is 50.5 Å². The van der Waals surface area contributed by atoms with Gasteiger partial charge in [-0.25, -0.2) is 13.1 Å². The third kappa shape index (κ3) is 5.71. The van der Waals surface area contributed by atoms with Gasteiger partial charge in [-0.15, -0.1) is 0 Å². The topological polar surface area (TPSA) is 109 Å². The van der Waals surface area contributed by atoms with Crippen LogP contribution >= 0.6 is 0 Å². The molecule has 1 aliphatic heterocycles. The zero-order valence-corrected chi connectivity index (χ0v) is 16.4. The van der Waals surface area contributed by atoms with Gasteiger partial charge in [-0.05, 0) is 30.9 Å². The number of hydrogen-bond donors (Lipinski definition) is 2. The van der Waals surface area contributed by atoms with E-state index in [0.717, 1.165) is 12.8 Å². The zero-order chi connectivity index (χ0) is 20.0. The van der Waals surface area contributed by atoms with E-state index < -0.39 is 33.7 Å². The summed E-state index contributed by atoms with van der Waals surface area (Å²) in [4.78, 5) is 36.9. The Balaban J connectivity index is 2.14. The monoisotopic (exact) mass is 394 g/mol. The smallest absolute Gasteiger partial charge is 0.287 e. The van der Waals surface area contributed by atoms with Gasteiger partial charge < -0.3 is 5.32 Å². The molecule has 2 atom stereocenters. The van der Waals surface area contributed by atoms with E-state index in [2.05, 4.69) is 10.0 Å². The number of nitrogens with one attached hydrogen (secondary N) is 2. The number of amides is 1. The first kappa shape index (κ1) is 21.2. The van der Waals surface area contributed by atoms with E-state index in [-0.39, 0.29) is 23.0 Å². The molecule has 1 fully saturated rings. The molecule has 0 spiro atoms. The maximum Gasteiger partial charge on any atom is 0.287 e. The largest absolute Gasteiger partial charge is 0.349 e. The lowest BCUT2D eigenvalue weighted by atomic mass is 9.86. The SMILES string of the molecule is CC(C)C(NS(=O)(=O)c1ccccc1)C(=O)CC1CCCCNC(=O)C1=O. The second-order valence-corrected chi connectivity index (χ2v) is 8.85. The van der Waals surface area contributed by atoms with Gasteiger partial charge in [0.25, 0.3) is 5.91 Å². The molecule has 1 aromatic carbocycles. The van der Waals surface area contributed by atoms with Gasteiger partial charge in [-0.1, -0.05) is 38.5 Å². The second-order valence-electron chi connectivity index (χ2n) is 7.14. The molecule has 0 saturated carbocycles. The van der Waals surface area contributed by atoms with E-state index in [1.165, 1.54) is 12.1 Å². The summed E-state index contributed by atoms with van der Waals surface area (Å²) in [6.07, 6.45) is 1.78. The lowest BCUT2D eigenvalue weighted by Crippen LogP contribution is -2.46. The van der Waals surface area contributed by atoms with Crippen LogP contribution in [0.4, 0.5) is 0 Å². The Labute approximate surface area is 160 Å². The van der Waals surface area contributed by atoms with Gasteiger partial charge in [0.2, 0.25) is 15.8 Å². The van der Waals surface area contributed by atoms with Gasteiger partial charge in [-0.3, -0.25) is 14.4 Å². The summed E-state index contributed by atoms with van der Waals surface area (Å²) < 4.78 is 27.6. The van der Waals surface area contributed by atoms with Crippen LogP contribution in [0.3, 0.4) is 0 Å². The highest BCUT2D eigenvalue weighted by Crippen LogP contribution is 2.20. The third-order valence-electron chi connectivity index (χ3n) is 4.66. The molecule has 0 aliphatic carbocycles. The van der Waals surface area contributed by atoms with Gasteiger partial charge in [0.05, 0.1) is 10.9 Å². The number of ketones is 2. The summed E-state index contributed by atoms with van der Waals surface area (Å²) in [5.74, 6) is -2.65. The van der Waals surface area contributed by atoms with E-state index in [4.69, 9.17) is 0 Å². The Kier molecular flexibility index (Phi) is 7.26. The van der Waals surface area contributed by atoms with Crippen molar-refractivity contribution >= 4 is 27.5 Å². The third-order valence-corrected chi connectivity index (χ3v) is 6.11. The van der Waals surface area contributed by atoms with Crippen LogP contribution in [0.5, 0.6) is 0 Å². The zero-order valence-electron chi connectivity index (χ0n) is 15.6. The molecule has 2 unspecified atom stereocenters. The first-order valence-electron chi connectivity index (χ1n) is 9.14. The van der Waals surface area contributed by atoms with Crippen molar-refractivity contribution in [3.05, 3.63) is 30.3 Å². The molecule has 2 rings (SSSR count). The number of sulfonamides is 1. The Hall–Kier alpha value is -2.06. The first-order valence-corrected chi connectivity index (χ1v) is 10.6. The number of hydrogen-bond acceptors (Lipinski definition) is 5. The molecule has 1 saturated heterocycles. The minimum Gasteiger partial charge on any atom is -0.349 e. The number of carbonyl (C=O) groups is 3. The van der Waals surface area contributed by atoms with Gasteiger partial charge in [-0.2, -0.15) is 0 Å². The van der Waals surface area contributed by atoms with Gasteiger partial charge in [0, 0.05) is 18.9 Å². The summed E-state index contributed by atoms with van der Waals surface area (Å²) in [5.41, 5.74) is 0. The van der Waals surface area contributed by atoms with Crippen LogP contribution in [0.15, 0.2) is 35.2 Å². The molecule has 1 aliphatic rings. The highest BCUT2D eigenvalue weighted by Gasteiger charge is 2.33. The van der Waals surface area contributed by atoms with E-state index >= 15 is 0 Å². The number of Topliss-reactive ketones (excluding diaryl/α,β-unsaturated/α-hetero) is 2. The summed E-state index contributed by atoms with van der Waals surface area (Å²) in [7, 11) is -3.86. The van der Waals surface area contributed by atoms with Crippen LogP contribution in [0.2, 0.25) is 0 Å². The molecule has 148 valence electrons. The quantitative estimate of drug-likeness (QED) is 0.680. The lowest BCUT2D eigenvalue weighted by Gasteiger charge is -2.24. The van der Waals surface area contributed by atoms with Crippen molar-refractivity contribution in [2.24, 2.45) is 11.8 Å². The Bertz CT molecular complexity index is 790. The van der Waals surface area contributed by atoms with Gasteiger partial charge in [0.15, 0.2) is 5.78 Å². The second kappa shape index (κ2) is 9.23. The van der Waals surface area contributed by atoms with Crippen molar-refractivity contribution in [1.29, 1.82) is 0 Å². The molecule has 8 heteroatoms. The van der Waals surface area contributed by atoms with E-state index in [9.17, 15) is 22.8 Å². The molecule has 1 heterocycles. The number of benzene rings is 1. The van der Waals surface area contributed by atoms with Crippen molar-refractivity contribution in [3.8, 4) is 0 Å². The van der Waals surface area contributed by atoms with Crippen LogP contribution in [-0.2, 0) is 24.4 Å². The van der Waals surface area contributed by atoms with Crippen LogP contribution in [0, 0.1) is 11.8 Å². The van der Waals surface area contributed by atoms with E-state index in [1.807, 2.05) is 0 Å². The molecule has 0 aromatic heterocycles. The predicted octanol–water partition coefficient (Wildman–Crippen LogP) is 1.43. The molecule has 1 aromatic rings. The van der Waals surface area contributed by atoms with Crippen molar-refractivity contribution in [1.82, 2.24) is 10.0 Å². The minimum absolute atomic E-state index is 0.0739. The highest BCUT2D eigenvalue weighted by molar-refractivity contribution is 7.89. The van der Waals surface area contributed by atoms with Crippen LogP contribution in [0.25, 0.3) is 0 Å².